The minimum Gasteiger partial charge on any atom is -0.478 e. The molecular formula is C37H41N5O20S6. The maximum absolute atomic E-state index is 11.1. The molecule has 68 heavy (non-hydrogen) atoms. The number of carboxylic acids is 1. The molecule has 0 spiro atoms. The lowest BCUT2D eigenvalue weighted by Gasteiger charge is -2.06. The number of rotatable bonds is 8. The van der Waals surface area contributed by atoms with Crippen LogP contribution in [0, 0.1) is 6.92 Å². The molecule has 6 aromatic rings. The molecule has 0 unspecified atom stereocenters. The van der Waals surface area contributed by atoms with E-state index in [0.29, 0.717) is 39.6 Å². The van der Waals surface area contributed by atoms with Gasteiger partial charge in [0.1, 0.15) is 15.5 Å². The normalized spacial score (nSPS) is 11.8. The summed E-state index contributed by atoms with van der Waals surface area (Å²) in [5.41, 5.74) is 29.1. The third kappa shape index (κ3) is 18.7. The SMILES string of the molecule is Cc1cc(S(=O)(=O)O)ccc1N.Nc1cc2ccc(S(=O)(=O)O)cc2cc1S(=O)(=O)O.Nc1ccc(CS(=O)(=O)O)cc1.Nc1ccc(S(=O)(=O)O)cc1S(=O)(=O)O.Nc1ccccc1C(=O)O. The molecule has 0 saturated heterocycles. The van der Waals surface area contributed by atoms with Crippen molar-refractivity contribution >= 4 is 106 Å². The zero-order chi connectivity index (χ0) is 52.4. The number of hydrogen-bond acceptors (Lipinski definition) is 18. The predicted octanol–water partition coefficient (Wildman–Crippen LogP) is 3.13. The Bertz CT molecular complexity index is 3520. The van der Waals surface area contributed by atoms with Crippen LogP contribution >= 0.6 is 0 Å². The quantitative estimate of drug-likeness (QED) is 0.0769. The van der Waals surface area contributed by atoms with Crippen molar-refractivity contribution in [2.24, 2.45) is 0 Å². The summed E-state index contributed by atoms with van der Waals surface area (Å²) in [6.45, 7) is 1.67. The smallest absolute Gasteiger partial charge is 0.337 e. The number of para-hydroxylation sites is 1. The Hall–Kier alpha value is -6.49. The summed E-state index contributed by atoms with van der Waals surface area (Å²) in [5.74, 6) is -1.36. The highest BCUT2D eigenvalue weighted by Gasteiger charge is 2.19. The highest BCUT2D eigenvalue weighted by Crippen LogP contribution is 2.28. The van der Waals surface area contributed by atoms with Gasteiger partial charge in [-0.25, -0.2) is 4.79 Å². The largest absolute Gasteiger partial charge is 0.478 e. The van der Waals surface area contributed by atoms with Crippen molar-refractivity contribution in [2.45, 2.75) is 37.2 Å². The number of aryl methyl sites for hydroxylation is 1. The summed E-state index contributed by atoms with van der Waals surface area (Å²) in [7, 11) is -26.1. The van der Waals surface area contributed by atoms with Crippen LogP contribution in [0.25, 0.3) is 10.8 Å². The van der Waals surface area contributed by atoms with E-state index in [1.54, 1.807) is 49.4 Å². The Morgan fingerprint density at radius 1 is 0.441 bits per heavy atom. The van der Waals surface area contributed by atoms with Crippen molar-refractivity contribution < 1.29 is 87.7 Å². The topological polar surface area (TPSA) is 494 Å². The molecule has 0 aliphatic rings. The van der Waals surface area contributed by atoms with Crippen molar-refractivity contribution in [1.82, 2.24) is 0 Å². The summed E-state index contributed by atoms with van der Waals surface area (Å²) >= 11 is 0. The molecule has 25 nitrogen and oxygen atoms in total. The van der Waals surface area contributed by atoms with Gasteiger partial charge in [-0.2, -0.15) is 50.5 Å². The van der Waals surface area contributed by atoms with E-state index in [-0.39, 0.29) is 37.9 Å². The zero-order valence-electron chi connectivity index (χ0n) is 34.5. The number of anilines is 5. The molecule has 0 aliphatic carbocycles. The van der Waals surface area contributed by atoms with Gasteiger partial charge >= 0.3 is 5.97 Å². The minimum absolute atomic E-state index is 0.130. The van der Waals surface area contributed by atoms with Crippen LogP contribution in [0.2, 0.25) is 0 Å². The molecule has 370 valence electrons. The number of nitrogen functional groups attached to an aromatic ring is 5. The first kappa shape index (κ1) is 57.6. The van der Waals surface area contributed by atoms with E-state index in [2.05, 4.69) is 0 Å². The van der Waals surface area contributed by atoms with Gasteiger partial charge in [-0.15, -0.1) is 0 Å². The molecule has 0 heterocycles. The van der Waals surface area contributed by atoms with Gasteiger partial charge in [0.15, 0.2) is 0 Å². The van der Waals surface area contributed by atoms with E-state index < -0.39 is 81.4 Å². The lowest BCUT2D eigenvalue weighted by Crippen LogP contribution is -2.06. The molecule has 17 N–H and O–H groups in total. The summed E-state index contributed by atoms with van der Waals surface area (Å²) in [6, 6.07) is 25.0. The van der Waals surface area contributed by atoms with E-state index in [1.807, 2.05) is 0 Å². The molecule has 0 atom stereocenters. The average molecular weight is 1070 g/mol. The minimum atomic E-state index is -4.62. The van der Waals surface area contributed by atoms with Gasteiger partial charge in [0.05, 0.1) is 31.6 Å². The van der Waals surface area contributed by atoms with Crippen LogP contribution in [0.5, 0.6) is 0 Å². The molecule has 6 aromatic carbocycles. The lowest BCUT2D eigenvalue weighted by atomic mass is 10.1. The molecule has 0 aliphatic heterocycles. The van der Waals surface area contributed by atoms with Gasteiger partial charge in [0.2, 0.25) is 0 Å². The summed E-state index contributed by atoms with van der Waals surface area (Å²) in [4.78, 5) is 7.88. The molecule has 0 amide bonds. The van der Waals surface area contributed by atoms with Gasteiger partial charge in [-0.1, -0.05) is 30.3 Å². The molecular weight excluding hydrogens is 1030 g/mol. The fourth-order valence-electron chi connectivity index (χ4n) is 4.88. The van der Waals surface area contributed by atoms with Crippen LogP contribution in [0.3, 0.4) is 0 Å². The highest BCUT2D eigenvalue weighted by atomic mass is 32.2. The lowest BCUT2D eigenvalue weighted by molar-refractivity contribution is 0.0697. The maximum Gasteiger partial charge on any atom is 0.337 e. The van der Waals surface area contributed by atoms with Gasteiger partial charge in [-0.3, -0.25) is 27.3 Å². The van der Waals surface area contributed by atoms with Crippen molar-refractivity contribution in [3.05, 3.63) is 132 Å². The van der Waals surface area contributed by atoms with Crippen LogP contribution in [-0.4, -0.2) is 88.9 Å². The number of benzene rings is 6. The van der Waals surface area contributed by atoms with E-state index >= 15 is 0 Å². The first-order valence-electron chi connectivity index (χ1n) is 17.6. The molecule has 31 heteroatoms. The Kier molecular flexibility index (Phi) is 19.1. The molecule has 6 rings (SSSR count). The number of aromatic carboxylic acids is 1. The van der Waals surface area contributed by atoms with Gasteiger partial charge in [-0.05, 0) is 114 Å². The van der Waals surface area contributed by atoms with Gasteiger partial charge in [0.25, 0.3) is 60.7 Å². The fourth-order valence-corrected chi connectivity index (χ4v) is 8.43. The van der Waals surface area contributed by atoms with Crippen LogP contribution in [-0.2, 0) is 66.5 Å². The van der Waals surface area contributed by atoms with E-state index in [1.165, 1.54) is 36.4 Å². The number of fused-ring (bicyclic) bond motifs is 1. The average Bonchev–Trinajstić information content (AvgIpc) is 3.18. The third-order valence-corrected chi connectivity index (χ3v) is 13.2. The Balaban J connectivity index is 0.000000297. The van der Waals surface area contributed by atoms with Crippen LogP contribution < -0.4 is 28.7 Å². The Labute approximate surface area is 389 Å². The summed E-state index contributed by atoms with van der Waals surface area (Å²) in [6.07, 6.45) is 0. The first-order chi connectivity index (χ1) is 30.8. The number of nitrogens with two attached hydrogens (primary N) is 5. The van der Waals surface area contributed by atoms with E-state index in [9.17, 15) is 55.3 Å². The summed E-state index contributed by atoms with van der Waals surface area (Å²) in [5, 5.41) is 9.16. The van der Waals surface area contributed by atoms with E-state index in [4.69, 9.17) is 61.1 Å². The Morgan fingerprint density at radius 2 is 0.882 bits per heavy atom. The maximum atomic E-state index is 11.1. The number of hydrogen-bond donors (Lipinski definition) is 12. The predicted molar refractivity (Wildman–Crippen MR) is 248 cm³/mol. The van der Waals surface area contributed by atoms with Gasteiger partial charge in [0, 0.05) is 17.1 Å². The van der Waals surface area contributed by atoms with Crippen molar-refractivity contribution in [3.8, 4) is 0 Å². The highest BCUT2D eigenvalue weighted by molar-refractivity contribution is 7.87. The Morgan fingerprint density at radius 3 is 1.31 bits per heavy atom. The van der Waals surface area contributed by atoms with E-state index in [0.717, 1.165) is 30.3 Å². The monoisotopic (exact) mass is 1070 g/mol. The number of carbonyl (C=O) groups is 1. The third-order valence-electron chi connectivity index (χ3n) is 8.14. The standard InChI is InChI=1S/C10H9NO6S2.2C7H9NO3S.C7H7NO2.C6H7NO6S2/c11-9-4-6-1-2-8(18(12,13)14)3-7(6)5-10(9)19(15,16)17;1-5-4-6(12(9,10)11)2-3-7(5)8;8-7-3-1-6(2-4-7)5-12(9,10)11;8-6-4-2-1-3-5(6)7(9)10;7-5-2-1-4(14(8,9)10)3-6(5)15(11,12)13/h1-5H,11H2,(H,12,13,14)(H,15,16,17);2-4H,8H2,1H3,(H,9,10,11);1-4H,5,8H2,(H,9,10,11);1-4H,8H2,(H,9,10);1-3H,7H2,(H,8,9,10)(H,11,12,13). The zero-order valence-corrected chi connectivity index (χ0v) is 39.3. The molecule has 0 fully saturated rings. The second-order valence-corrected chi connectivity index (χ2v) is 21.8. The van der Waals surface area contributed by atoms with Crippen molar-refractivity contribution in [2.75, 3.05) is 28.7 Å². The summed E-state index contributed by atoms with van der Waals surface area (Å²) < 4.78 is 181. The van der Waals surface area contributed by atoms with Crippen molar-refractivity contribution in [3.63, 3.8) is 0 Å². The van der Waals surface area contributed by atoms with Crippen LogP contribution in [0.4, 0.5) is 28.4 Å². The molecule has 0 aromatic heterocycles. The second kappa shape index (κ2) is 22.5. The van der Waals surface area contributed by atoms with Crippen LogP contribution in [0.15, 0.2) is 140 Å². The number of carboxylic acid groups (broad SMARTS) is 1. The molecule has 0 radical (unpaired) electrons. The first-order valence-corrected chi connectivity index (χ1v) is 26.5. The van der Waals surface area contributed by atoms with Crippen molar-refractivity contribution in [1.29, 1.82) is 0 Å². The van der Waals surface area contributed by atoms with Gasteiger partial charge < -0.3 is 33.8 Å². The fraction of sp³-hybridized carbons (Fsp3) is 0.0541. The molecule has 0 bridgehead atoms. The van der Waals surface area contributed by atoms with Crippen LogP contribution in [0.1, 0.15) is 21.5 Å². The molecule has 0 saturated carbocycles. The second-order valence-electron chi connectivity index (χ2n) is 13.4.